The summed E-state index contributed by atoms with van der Waals surface area (Å²) in [5.74, 6) is 1.14. The second kappa shape index (κ2) is 7.02. The van der Waals surface area contributed by atoms with Gasteiger partial charge in [-0.1, -0.05) is 30.3 Å². The Morgan fingerprint density at radius 2 is 1.79 bits per heavy atom. The summed E-state index contributed by atoms with van der Waals surface area (Å²) in [6, 6.07) is 15.7. The Morgan fingerprint density at radius 1 is 1.08 bits per heavy atom. The van der Waals surface area contributed by atoms with Crippen molar-refractivity contribution in [3.8, 4) is 5.75 Å². The van der Waals surface area contributed by atoms with Crippen LogP contribution in [0.15, 0.2) is 70.4 Å². The first kappa shape index (κ1) is 16.5. The molecule has 0 saturated heterocycles. The molecule has 0 radical (unpaired) electrons. The van der Waals surface area contributed by atoms with Gasteiger partial charge in [-0.3, -0.25) is 0 Å². The predicted octanol–water partition coefficient (Wildman–Crippen LogP) is 3.55. The van der Waals surface area contributed by atoms with Crippen molar-refractivity contribution in [1.29, 1.82) is 0 Å². The van der Waals surface area contributed by atoms with Gasteiger partial charge in [0.1, 0.15) is 5.75 Å². The number of ether oxygens (including phenoxy) is 1. The zero-order chi connectivity index (χ0) is 17.0. The first-order valence-electron chi connectivity index (χ1n) is 7.20. The fraction of sp³-hybridized carbons (Fsp3) is 0.118. The van der Waals surface area contributed by atoms with E-state index in [4.69, 9.17) is 4.74 Å². The Balaban J connectivity index is 1.98. The molecule has 24 heavy (non-hydrogen) atoms. The summed E-state index contributed by atoms with van der Waals surface area (Å²) in [6.45, 7) is 0.199. The number of aromatic nitrogens is 1. The van der Waals surface area contributed by atoms with Crippen LogP contribution in [0.4, 0.5) is 5.82 Å². The standard InChI is InChI=1S/C17H16N2O3S2/c1-22-15-9-7-14(8-10-15)11-19(17-12-23-13-18-17)24(20,21)16-5-3-2-4-6-16/h2-10,12-13H,11H2,1H3. The third kappa shape index (κ3) is 3.42. The lowest BCUT2D eigenvalue weighted by Gasteiger charge is -2.22. The monoisotopic (exact) mass is 360 g/mol. The first-order chi connectivity index (χ1) is 11.6. The largest absolute Gasteiger partial charge is 0.497 e. The maximum absolute atomic E-state index is 13.0. The lowest BCUT2D eigenvalue weighted by Crippen LogP contribution is -2.30. The van der Waals surface area contributed by atoms with Gasteiger partial charge in [-0.05, 0) is 29.8 Å². The normalized spacial score (nSPS) is 11.2. The predicted molar refractivity (Wildman–Crippen MR) is 94.9 cm³/mol. The number of rotatable bonds is 6. The van der Waals surface area contributed by atoms with Crippen molar-refractivity contribution >= 4 is 27.2 Å². The molecule has 0 unspecified atom stereocenters. The number of methoxy groups -OCH3 is 1. The Labute approximate surface area is 145 Å². The zero-order valence-corrected chi connectivity index (χ0v) is 14.6. The number of nitrogens with zero attached hydrogens (tertiary/aromatic N) is 2. The van der Waals surface area contributed by atoms with Crippen LogP contribution >= 0.6 is 11.3 Å². The first-order valence-corrected chi connectivity index (χ1v) is 9.58. The Hall–Kier alpha value is -2.38. The summed E-state index contributed by atoms with van der Waals surface area (Å²) in [6.07, 6.45) is 0. The molecule has 2 aromatic carbocycles. The zero-order valence-electron chi connectivity index (χ0n) is 13.0. The molecule has 0 fully saturated rings. The van der Waals surface area contributed by atoms with Gasteiger partial charge in [-0.25, -0.2) is 17.7 Å². The highest BCUT2D eigenvalue weighted by molar-refractivity contribution is 7.92. The molecule has 0 saturated carbocycles. The highest BCUT2D eigenvalue weighted by atomic mass is 32.2. The molecule has 0 atom stereocenters. The van der Waals surface area contributed by atoms with E-state index >= 15 is 0 Å². The van der Waals surface area contributed by atoms with E-state index < -0.39 is 10.0 Å². The smallest absolute Gasteiger partial charge is 0.265 e. The molecule has 0 spiro atoms. The molecule has 1 aromatic heterocycles. The van der Waals surface area contributed by atoms with E-state index in [0.717, 1.165) is 11.3 Å². The van der Waals surface area contributed by atoms with Gasteiger partial charge in [0.05, 0.1) is 24.1 Å². The molecule has 3 aromatic rings. The molecule has 5 nitrogen and oxygen atoms in total. The molecule has 0 aliphatic heterocycles. The molecule has 7 heteroatoms. The van der Waals surface area contributed by atoms with Crippen LogP contribution in [0, 0.1) is 0 Å². The van der Waals surface area contributed by atoms with E-state index in [9.17, 15) is 8.42 Å². The van der Waals surface area contributed by atoms with Crippen LogP contribution in [0.5, 0.6) is 5.75 Å². The van der Waals surface area contributed by atoms with Gasteiger partial charge in [0.25, 0.3) is 10.0 Å². The van der Waals surface area contributed by atoms with Crippen molar-refractivity contribution in [3.63, 3.8) is 0 Å². The van der Waals surface area contributed by atoms with Gasteiger partial charge in [0.2, 0.25) is 0 Å². The third-order valence-corrected chi connectivity index (χ3v) is 5.83. The summed E-state index contributed by atoms with van der Waals surface area (Å²) in [5.41, 5.74) is 2.47. The topological polar surface area (TPSA) is 59.5 Å². The van der Waals surface area contributed by atoms with Gasteiger partial charge in [0, 0.05) is 5.38 Å². The van der Waals surface area contributed by atoms with Crippen LogP contribution in [0.1, 0.15) is 5.56 Å². The van der Waals surface area contributed by atoms with Crippen molar-refractivity contribution in [2.75, 3.05) is 11.4 Å². The van der Waals surface area contributed by atoms with Gasteiger partial charge in [-0.2, -0.15) is 0 Å². The maximum atomic E-state index is 13.0. The molecule has 1 heterocycles. The number of thiazole rings is 1. The van der Waals surface area contributed by atoms with Gasteiger partial charge in [-0.15, -0.1) is 11.3 Å². The summed E-state index contributed by atoms with van der Waals surface area (Å²) in [7, 11) is -2.10. The molecule has 0 amide bonds. The number of hydrogen-bond acceptors (Lipinski definition) is 5. The maximum Gasteiger partial charge on any atom is 0.265 e. The second-order valence-electron chi connectivity index (χ2n) is 5.02. The minimum Gasteiger partial charge on any atom is -0.497 e. The van der Waals surface area contributed by atoms with E-state index in [-0.39, 0.29) is 11.4 Å². The van der Waals surface area contributed by atoms with Crippen LogP contribution in [0.25, 0.3) is 0 Å². The number of hydrogen-bond donors (Lipinski definition) is 0. The quantitative estimate of drug-likeness (QED) is 0.674. The minimum atomic E-state index is -3.69. The van der Waals surface area contributed by atoms with Crippen LogP contribution in [-0.4, -0.2) is 20.5 Å². The molecule has 3 rings (SSSR count). The van der Waals surface area contributed by atoms with Crippen molar-refractivity contribution in [2.24, 2.45) is 0 Å². The van der Waals surface area contributed by atoms with Crippen LogP contribution in [0.3, 0.4) is 0 Å². The second-order valence-corrected chi connectivity index (χ2v) is 7.60. The average molecular weight is 360 g/mol. The molecule has 0 aliphatic rings. The number of anilines is 1. The fourth-order valence-corrected chi connectivity index (χ4v) is 4.26. The van der Waals surface area contributed by atoms with Gasteiger partial charge < -0.3 is 4.74 Å². The Morgan fingerprint density at radius 3 is 2.38 bits per heavy atom. The van der Waals surface area contributed by atoms with Gasteiger partial charge in [0.15, 0.2) is 5.82 Å². The molecule has 0 aliphatic carbocycles. The number of benzene rings is 2. The van der Waals surface area contributed by atoms with E-state index in [0.29, 0.717) is 5.82 Å². The third-order valence-electron chi connectivity index (χ3n) is 3.49. The Bertz CT molecular complexity index is 877. The lowest BCUT2D eigenvalue weighted by molar-refractivity contribution is 0.414. The van der Waals surface area contributed by atoms with Crippen LogP contribution < -0.4 is 9.04 Å². The van der Waals surface area contributed by atoms with Crippen molar-refractivity contribution < 1.29 is 13.2 Å². The summed E-state index contributed by atoms with van der Waals surface area (Å²) < 4.78 is 32.5. The molecule has 0 bridgehead atoms. The average Bonchev–Trinajstić information content (AvgIpc) is 3.15. The lowest BCUT2D eigenvalue weighted by atomic mass is 10.2. The van der Waals surface area contributed by atoms with Crippen molar-refractivity contribution in [1.82, 2.24) is 4.98 Å². The summed E-state index contributed by atoms with van der Waals surface area (Å²) >= 11 is 1.36. The van der Waals surface area contributed by atoms with Crippen molar-refractivity contribution in [2.45, 2.75) is 11.4 Å². The highest BCUT2D eigenvalue weighted by Crippen LogP contribution is 2.26. The molecule has 0 N–H and O–H groups in total. The summed E-state index contributed by atoms with van der Waals surface area (Å²) in [4.78, 5) is 4.42. The highest BCUT2D eigenvalue weighted by Gasteiger charge is 2.26. The SMILES string of the molecule is COc1ccc(CN(c2cscn2)S(=O)(=O)c2ccccc2)cc1. The van der Waals surface area contributed by atoms with E-state index in [1.807, 2.05) is 24.3 Å². The van der Waals surface area contributed by atoms with Gasteiger partial charge >= 0.3 is 0 Å². The molecular formula is C17H16N2O3S2. The van der Waals surface area contributed by atoms with E-state index in [1.165, 1.54) is 15.6 Å². The molecule has 124 valence electrons. The minimum absolute atomic E-state index is 0.199. The van der Waals surface area contributed by atoms with E-state index in [1.54, 1.807) is 48.3 Å². The Kier molecular flexibility index (Phi) is 4.82. The summed E-state index contributed by atoms with van der Waals surface area (Å²) in [5, 5.41) is 1.73. The van der Waals surface area contributed by atoms with Crippen molar-refractivity contribution in [3.05, 3.63) is 71.1 Å². The van der Waals surface area contributed by atoms with Crippen LogP contribution in [-0.2, 0) is 16.6 Å². The van der Waals surface area contributed by atoms with Crippen LogP contribution in [0.2, 0.25) is 0 Å². The number of sulfonamides is 1. The fourth-order valence-electron chi connectivity index (χ4n) is 2.23. The van der Waals surface area contributed by atoms with E-state index in [2.05, 4.69) is 4.98 Å². The molecular weight excluding hydrogens is 344 g/mol.